The number of benzene rings is 2. The van der Waals surface area contributed by atoms with Gasteiger partial charge in [0.15, 0.2) is 28.8 Å². The van der Waals surface area contributed by atoms with Crippen molar-refractivity contribution in [3.63, 3.8) is 0 Å². The van der Waals surface area contributed by atoms with Gasteiger partial charge in [-0.3, -0.25) is 4.79 Å². The van der Waals surface area contributed by atoms with Gasteiger partial charge in [-0.15, -0.1) is 0 Å². The number of carbonyl (C=O) groups is 1. The Hall–Kier alpha value is -1.29. The molecule has 0 saturated carbocycles. The molecule has 0 aromatic heterocycles. The van der Waals surface area contributed by atoms with E-state index in [1.807, 2.05) is 0 Å². The Morgan fingerprint density at radius 2 is 1.14 bits per heavy atom. The first-order valence-corrected chi connectivity index (χ1v) is 10.8. The largest absolute Gasteiger partial charge is 0.503 e. The molecule has 0 saturated heterocycles. The average Bonchev–Trinajstić information content (AvgIpc) is 2.69. The van der Waals surface area contributed by atoms with Gasteiger partial charge in [0.2, 0.25) is 0 Å². The molecule has 28 heavy (non-hydrogen) atoms. The van der Waals surface area contributed by atoms with E-state index in [2.05, 4.69) is 63.7 Å². The molecular formula is C19H14Br4O5. The van der Waals surface area contributed by atoms with Crippen LogP contribution in [-0.2, 0) is 4.79 Å². The van der Waals surface area contributed by atoms with Crippen molar-refractivity contribution in [2.75, 3.05) is 14.2 Å². The lowest BCUT2D eigenvalue weighted by atomic mass is 10.1. The van der Waals surface area contributed by atoms with E-state index in [0.29, 0.717) is 29.0 Å². The molecule has 2 rings (SSSR count). The molecule has 0 aliphatic rings. The first-order chi connectivity index (χ1) is 13.2. The first-order valence-electron chi connectivity index (χ1n) is 7.61. The van der Waals surface area contributed by atoms with E-state index < -0.39 is 0 Å². The third kappa shape index (κ3) is 5.00. The number of phenols is 2. The number of rotatable bonds is 6. The quantitative estimate of drug-likeness (QED) is 0.354. The predicted molar refractivity (Wildman–Crippen MR) is 123 cm³/mol. The minimum Gasteiger partial charge on any atom is -0.503 e. The second-order valence-corrected chi connectivity index (χ2v) is 8.53. The maximum atomic E-state index is 12.2. The zero-order valence-corrected chi connectivity index (χ0v) is 20.9. The maximum absolute atomic E-state index is 12.2. The minimum absolute atomic E-state index is 0.0329. The normalized spacial score (nSPS) is 11.4. The van der Waals surface area contributed by atoms with Gasteiger partial charge in [0.1, 0.15) is 0 Å². The van der Waals surface area contributed by atoms with E-state index >= 15 is 0 Å². The Morgan fingerprint density at radius 1 is 0.786 bits per heavy atom. The summed E-state index contributed by atoms with van der Waals surface area (Å²) >= 11 is 13.3. The number of hydrogen-bond donors (Lipinski definition) is 2. The summed E-state index contributed by atoms with van der Waals surface area (Å²) in [5, 5.41) is 19.9. The summed E-state index contributed by atoms with van der Waals surface area (Å²) in [4.78, 5) is 12.2. The van der Waals surface area contributed by atoms with Crippen molar-refractivity contribution in [2.45, 2.75) is 0 Å². The molecule has 5 nitrogen and oxygen atoms in total. The fraction of sp³-hybridized carbons (Fsp3) is 0.105. The second-order valence-electron chi connectivity index (χ2n) is 5.36. The Balaban J connectivity index is 2.28. The van der Waals surface area contributed by atoms with Crippen LogP contribution in [-0.4, -0.2) is 30.2 Å². The topological polar surface area (TPSA) is 76.0 Å². The molecule has 0 radical (unpaired) electrons. The number of carbonyl (C=O) groups excluding carboxylic acids is 1. The zero-order valence-electron chi connectivity index (χ0n) is 14.6. The van der Waals surface area contributed by atoms with Gasteiger partial charge in [0, 0.05) is 8.95 Å². The van der Waals surface area contributed by atoms with Crippen LogP contribution in [0.4, 0.5) is 0 Å². The van der Waals surface area contributed by atoms with Crippen LogP contribution in [0.15, 0.2) is 42.2 Å². The molecule has 0 bridgehead atoms. The molecule has 0 spiro atoms. The monoisotopic (exact) mass is 638 g/mol. The van der Waals surface area contributed by atoms with E-state index in [1.165, 1.54) is 26.4 Å². The van der Waals surface area contributed by atoms with E-state index in [9.17, 15) is 15.0 Å². The van der Waals surface area contributed by atoms with E-state index in [1.54, 1.807) is 24.3 Å². The average molecular weight is 642 g/mol. The molecule has 148 valence electrons. The molecule has 0 unspecified atom stereocenters. The number of methoxy groups -OCH3 is 2. The summed E-state index contributed by atoms with van der Waals surface area (Å²) in [5.74, 6) is 0.236. The molecule has 2 N–H and O–H groups in total. The molecule has 0 amide bonds. The van der Waals surface area contributed by atoms with Crippen LogP contribution in [0.3, 0.4) is 0 Å². The fourth-order valence-electron chi connectivity index (χ4n) is 2.18. The maximum Gasteiger partial charge on any atom is 0.178 e. The van der Waals surface area contributed by atoms with Crippen LogP contribution in [0, 0.1) is 0 Å². The third-order valence-corrected chi connectivity index (χ3v) is 7.96. The number of phenolic OH excluding ortho intramolecular Hbond substituents is 2. The lowest BCUT2D eigenvalue weighted by molar-refractivity contribution is -0.110. The molecule has 0 aliphatic carbocycles. The molecule has 0 aliphatic heterocycles. The Kier molecular flexibility index (Phi) is 8.18. The summed E-state index contributed by atoms with van der Waals surface area (Å²) in [6.07, 6.45) is 5.98. The first kappa shape index (κ1) is 23.0. The number of halogens is 4. The number of ketones is 1. The summed E-state index contributed by atoms with van der Waals surface area (Å²) in [6.45, 7) is 0. The molecule has 2 aromatic carbocycles. The Morgan fingerprint density at radius 3 is 1.46 bits per heavy atom. The second kappa shape index (κ2) is 9.96. The van der Waals surface area contributed by atoms with Crippen LogP contribution in [0.1, 0.15) is 11.1 Å². The highest BCUT2D eigenvalue weighted by Gasteiger charge is 2.14. The molecule has 0 heterocycles. The smallest absolute Gasteiger partial charge is 0.178 e. The fourth-order valence-corrected chi connectivity index (χ4v) is 3.89. The summed E-state index contributed by atoms with van der Waals surface area (Å²) < 4.78 is 12.3. The number of allylic oxidation sites excluding steroid dienone is 2. The molecule has 9 heteroatoms. The van der Waals surface area contributed by atoms with Gasteiger partial charge in [0.25, 0.3) is 0 Å². The van der Waals surface area contributed by atoms with Gasteiger partial charge in [0.05, 0.1) is 23.2 Å². The summed E-state index contributed by atoms with van der Waals surface area (Å²) in [6, 6.07) is 3.21. The standard InChI is InChI=1S/C19H14Br4O5/c1-27-12-7-9(14(20)16(22)18(12)25)3-5-11(24)6-4-10-8-13(28-2)19(26)17(23)15(10)21/h3-8,25-26H,1-2H3/b5-3+,6-4+. The highest BCUT2D eigenvalue weighted by Crippen LogP contribution is 2.43. The van der Waals surface area contributed by atoms with Gasteiger partial charge < -0.3 is 19.7 Å². The van der Waals surface area contributed by atoms with Gasteiger partial charge in [-0.25, -0.2) is 0 Å². The third-order valence-electron chi connectivity index (χ3n) is 3.64. The van der Waals surface area contributed by atoms with E-state index in [0.717, 1.165) is 0 Å². The summed E-state index contributed by atoms with van der Waals surface area (Å²) in [7, 11) is 2.89. The van der Waals surface area contributed by atoms with Crippen molar-refractivity contribution in [3.05, 3.63) is 53.3 Å². The summed E-state index contributed by atoms with van der Waals surface area (Å²) in [5.41, 5.74) is 1.30. The minimum atomic E-state index is -0.259. The molecule has 0 fully saturated rings. The lowest BCUT2D eigenvalue weighted by Gasteiger charge is -2.09. The Labute approximate surface area is 195 Å². The lowest BCUT2D eigenvalue weighted by Crippen LogP contribution is -1.90. The van der Waals surface area contributed by atoms with E-state index in [-0.39, 0.29) is 28.8 Å². The van der Waals surface area contributed by atoms with Crippen LogP contribution < -0.4 is 9.47 Å². The predicted octanol–water partition coefficient (Wildman–Crippen LogP) is 6.46. The number of hydrogen-bond acceptors (Lipinski definition) is 5. The van der Waals surface area contributed by atoms with Crippen molar-refractivity contribution in [1.82, 2.24) is 0 Å². The highest BCUT2D eigenvalue weighted by molar-refractivity contribution is 9.13. The number of ether oxygens (including phenoxy) is 2. The van der Waals surface area contributed by atoms with Crippen molar-refractivity contribution in [3.8, 4) is 23.0 Å². The van der Waals surface area contributed by atoms with Gasteiger partial charge in [-0.05, 0) is 111 Å². The van der Waals surface area contributed by atoms with Crippen molar-refractivity contribution >= 4 is 81.7 Å². The van der Waals surface area contributed by atoms with Crippen LogP contribution in [0.5, 0.6) is 23.0 Å². The van der Waals surface area contributed by atoms with Gasteiger partial charge in [-0.1, -0.05) is 0 Å². The van der Waals surface area contributed by atoms with E-state index in [4.69, 9.17) is 9.47 Å². The highest BCUT2D eigenvalue weighted by atomic mass is 79.9. The SMILES string of the molecule is COc1cc(/C=C/C(=O)/C=C/c2cc(OC)c(O)c(Br)c2Br)c(Br)c(Br)c1O. The Bertz CT molecular complexity index is 906. The van der Waals surface area contributed by atoms with Gasteiger partial charge in [-0.2, -0.15) is 0 Å². The van der Waals surface area contributed by atoms with Crippen LogP contribution in [0.25, 0.3) is 12.2 Å². The zero-order chi connectivity index (χ0) is 21.0. The van der Waals surface area contributed by atoms with Gasteiger partial charge >= 0.3 is 0 Å². The molecular weight excluding hydrogens is 628 g/mol. The molecule has 2 aromatic rings. The number of aromatic hydroxyl groups is 2. The van der Waals surface area contributed by atoms with Crippen LogP contribution in [0.2, 0.25) is 0 Å². The van der Waals surface area contributed by atoms with Crippen molar-refractivity contribution in [1.29, 1.82) is 0 Å². The van der Waals surface area contributed by atoms with Crippen LogP contribution >= 0.6 is 63.7 Å². The van der Waals surface area contributed by atoms with Crippen molar-refractivity contribution in [2.24, 2.45) is 0 Å². The molecule has 0 atom stereocenters. The van der Waals surface area contributed by atoms with Crippen molar-refractivity contribution < 1.29 is 24.5 Å².